The van der Waals surface area contributed by atoms with E-state index < -0.39 is 215 Å². The third kappa shape index (κ3) is 28.7. The molecule has 24 N–H and O–H groups in total. The van der Waals surface area contributed by atoms with E-state index >= 15 is 0 Å². The molecule has 0 saturated carbocycles. The number of nitrogens with one attached hydrogen (secondary N) is 10. The van der Waals surface area contributed by atoms with Crippen molar-refractivity contribution in [2.45, 2.75) is 221 Å². The van der Waals surface area contributed by atoms with Crippen molar-refractivity contribution in [2.75, 3.05) is 59.3 Å². The Morgan fingerprint density at radius 3 is 1.08 bits per heavy atom. The topological polar surface area (TPSA) is 707 Å². The Morgan fingerprint density at radius 2 is 0.759 bits per heavy atom. The van der Waals surface area contributed by atoms with Gasteiger partial charge in [0.15, 0.2) is 18.9 Å². The van der Waals surface area contributed by atoms with Gasteiger partial charge < -0.3 is 138 Å². The van der Waals surface area contributed by atoms with Gasteiger partial charge in [0.05, 0.1) is 111 Å². The largest absolute Gasteiger partial charge is 0.394 e. The van der Waals surface area contributed by atoms with Crippen molar-refractivity contribution >= 4 is 59.1 Å². The summed E-state index contributed by atoms with van der Waals surface area (Å²) in [5.41, 5.74) is 2.79. The van der Waals surface area contributed by atoms with Crippen LogP contribution in [0.4, 0.5) is 0 Å². The lowest BCUT2D eigenvalue weighted by molar-refractivity contribution is -0.301. The van der Waals surface area contributed by atoms with Crippen LogP contribution in [0.5, 0.6) is 0 Å². The van der Waals surface area contributed by atoms with Crippen LogP contribution in [0, 0.1) is 0 Å². The molecule has 606 valence electrons. The number of nitrogens with two attached hydrogens (primary N) is 1. The molecule has 3 fully saturated rings. The molecule has 3 aromatic rings. The number of aliphatic hydroxyl groups excluding tert-OH is 12. The number of ether oxygens (including phenoxy) is 6. The Morgan fingerprint density at radius 1 is 0.426 bits per heavy atom. The summed E-state index contributed by atoms with van der Waals surface area (Å²) in [7, 11) is 0. The lowest BCUT2D eigenvalue weighted by Gasteiger charge is -2.39. The first-order valence-corrected chi connectivity index (χ1v) is 34.5. The fraction of sp³-hybridized carbons (Fsp3) is 0.733. The first-order chi connectivity index (χ1) is 51.6. The number of carbonyl (C=O) groups is 10. The minimum atomic E-state index is -1.67. The van der Waals surface area contributed by atoms with E-state index in [1.165, 1.54) is 32.6 Å². The van der Waals surface area contributed by atoms with Crippen molar-refractivity contribution in [3.63, 3.8) is 0 Å². The van der Waals surface area contributed by atoms with Crippen molar-refractivity contribution in [1.82, 2.24) is 98.3 Å². The fourth-order valence-electron chi connectivity index (χ4n) is 10.8. The molecule has 108 heavy (non-hydrogen) atoms. The highest BCUT2D eigenvalue weighted by atomic mass is 16.7. The minimum absolute atomic E-state index is 0.00946. The van der Waals surface area contributed by atoms with Crippen molar-refractivity contribution in [1.29, 1.82) is 0 Å². The van der Waals surface area contributed by atoms with Crippen LogP contribution in [-0.4, -0.2) is 335 Å². The van der Waals surface area contributed by atoms with Crippen molar-refractivity contribution in [2.24, 2.45) is 5.84 Å². The molecule has 3 aliphatic heterocycles. The van der Waals surface area contributed by atoms with Gasteiger partial charge in [-0.2, -0.15) is 0 Å². The summed E-state index contributed by atoms with van der Waals surface area (Å²) in [5, 5.41) is 165. The summed E-state index contributed by atoms with van der Waals surface area (Å²) in [4.78, 5) is 132. The van der Waals surface area contributed by atoms with Crippen LogP contribution in [0.1, 0.15) is 88.2 Å². The number of hydrogen-bond donors (Lipinski definition) is 23. The standard InChI is InChI=1S/C60H98N20O28/c1-30(84)68-34(6-9-40(85)63-19-31-24-78(75-72-31)13-16-103-58-52(97)49(94)46(91)37(27-81)106-58)56(101)66-22-45(90)70-36(8-11-42(87)65-21-33-26-80(77-74-33)15-18-105-60-54(99)51(96)48(93)39(29-83)108-60)57(102)67-23-44(89)69-35(55(100)62-12-4-2-3-5-43(88)71-61)7-10-41(86)64-20-32-25-79(76-73-32)14-17-104-59-53(98)50(95)47(92)38(28-82)107-59/h24-26,34-39,46-54,58-60,81-83,91-99H,2-23,27-29,61H2,1H3,(H,62,100)(H,63,85)(H,64,86)(H,65,87)(H,66,101)(H,67,102)(H,68,84)(H,69,89)(H,70,90)(H,71,88)/t34?,35?,36?,37-,38-,39-,46-,47-,48-,49+,50+,51+,52+,53+,54+,58+,59+,60+/m1/s1. The summed E-state index contributed by atoms with van der Waals surface area (Å²) < 4.78 is 36.4. The van der Waals surface area contributed by atoms with Gasteiger partial charge in [0.2, 0.25) is 59.1 Å². The second-order valence-electron chi connectivity index (χ2n) is 25.2. The van der Waals surface area contributed by atoms with Gasteiger partial charge in [-0.05, 0) is 32.1 Å². The maximum atomic E-state index is 14.0. The highest BCUT2D eigenvalue weighted by Crippen LogP contribution is 2.25. The summed E-state index contributed by atoms with van der Waals surface area (Å²) in [6, 6.07) is -4.41. The number of amides is 10. The monoisotopic (exact) mass is 1550 g/mol. The number of rotatable bonds is 46. The van der Waals surface area contributed by atoms with Crippen molar-refractivity contribution < 1.29 is 138 Å². The van der Waals surface area contributed by atoms with Crippen LogP contribution < -0.4 is 59.1 Å². The normalized spacial score (nSPS) is 24.9. The first-order valence-electron chi connectivity index (χ1n) is 34.5. The quantitative estimate of drug-likeness (QED) is 0.0108. The molecule has 48 nitrogen and oxygen atoms in total. The Hall–Kier alpha value is -8.64. The Kier molecular flexibility index (Phi) is 37.1. The maximum Gasteiger partial charge on any atom is 0.243 e. The Bertz CT molecular complexity index is 3350. The first kappa shape index (κ1) is 88.3. The molecule has 3 aromatic heterocycles. The summed E-state index contributed by atoms with van der Waals surface area (Å²) in [6.07, 6.45) is -18.9. The molecule has 6 heterocycles. The molecule has 3 saturated heterocycles. The van der Waals surface area contributed by atoms with Crippen LogP contribution >= 0.6 is 0 Å². The molecule has 18 atom stereocenters. The van der Waals surface area contributed by atoms with Gasteiger partial charge in [-0.1, -0.05) is 22.1 Å². The highest BCUT2D eigenvalue weighted by Gasteiger charge is 2.46. The number of carbonyl (C=O) groups excluding carboxylic acids is 10. The van der Waals surface area contributed by atoms with Gasteiger partial charge in [0.1, 0.15) is 108 Å². The third-order valence-corrected chi connectivity index (χ3v) is 16.9. The average Bonchev–Trinajstić information content (AvgIpc) is 1.03. The summed E-state index contributed by atoms with van der Waals surface area (Å²) >= 11 is 0. The summed E-state index contributed by atoms with van der Waals surface area (Å²) in [6.45, 7) is -3.36. The van der Waals surface area contributed by atoms with Gasteiger partial charge in [-0.25, -0.2) is 19.9 Å². The zero-order chi connectivity index (χ0) is 79.0. The zero-order valence-electron chi connectivity index (χ0n) is 58.8. The van der Waals surface area contributed by atoms with Crippen molar-refractivity contribution in [3.05, 3.63) is 35.7 Å². The van der Waals surface area contributed by atoms with Crippen LogP contribution in [0.15, 0.2) is 18.6 Å². The van der Waals surface area contributed by atoms with Gasteiger partial charge >= 0.3 is 0 Å². The molecule has 10 amide bonds. The van der Waals surface area contributed by atoms with Crippen LogP contribution in [0.25, 0.3) is 0 Å². The molecule has 48 heteroatoms. The van der Waals surface area contributed by atoms with E-state index in [9.17, 15) is 109 Å². The van der Waals surface area contributed by atoms with Crippen LogP contribution in [-0.2, 0) is 116 Å². The second-order valence-corrected chi connectivity index (χ2v) is 25.2. The van der Waals surface area contributed by atoms with Gasteiger partial charge in [-0.15, -0.1) is 15.3 Å². The molecule has 6 rings (SSSR count). The van der Waals surface area contributed by atoms with Gasteiger partial charge in [0, 0.05) is 39.2 Å². The maximum absolute atomic E-state index is 14.0. The minimum Gasteiger partial charge on any atom is -0.394 e. The van der Waals surface area contributed by atoms with Crippen LogP contribution in [0.3, 0.4) is 0 Å². The number of aromatic nitrogens is 9. The molecule has 0 aliphatic carbocycles. The number of aliphatic hydroxyl groups is 12. The predicted octanol–water partition coefficient (Wildman–Crippen LogP) is -14.1. The van der Waals surface area contributed by atoms with E-state index in [0.29, 0.717) is 19.3 Å². The third-order valence-electron chi connectivity index (χ3n) is 16.9. The number of hydrazine groups is 1. The van der Waals surface area contributed by atoms with Crippen molar-refractivity contribution in [3.8, 4) is 0 Å². The van der Waals surface area contributed by atoms with E-state index in [1.54, 1.807) is 0 Å². The molecule has 3 aliphatic rings. The number of nitrogens with zero attached hydrogens (tertiary/aromatic N) is 9. The lowest BCUT2D eigenvalue weighted by Crippen LogP contribution is -2.59. The molecule has 0 bridgehead atoms. The van der Waals surface area contributed by atoms with E-state index in [2.05, 4.69) is 78.8 Å². The molecule has 0 radical (unpaired) electrons. The van der Waals surface area contributed by atoms with E-state index in [1.807, 2.05) is 5.43 Å². The Balaban J connectivity index is 1.03. The fourth-order valence-corrected chi connectivity index (χ4v) is 10.8. The van der Waals surface area contributed by atoms with Crippen LogP contribution in [0.2, 0.25) is 0 Å². The Labute approximate surface area is 614 Å². The molecular formula is C60H98N20O28. The zero-order valence-corrected chi connectivity index (χ0v) is 58.8. The predicted molar refractivity (Wildman–Crippen MR) is 354 cm³/mol. The van der Waals surface area contributed by atoms with E-state index in [-0.39, 0.29) is 115 Å². The van der Waals surface area contributed by atoms with E-state index in [0.717, 1.165) is 6.92 Å². The number of unbranched alkanes of at least 4 members (excludes halogenated alkanes) is 2. The second kappa shape index (κ2) is 45.4. The molecular weight excluding hydrogens is 1450 g/mol. The molecule has 3 unspecified atom stereocenters. The van der Waals surface area contributed by atoms with Gasteiger partial charge in [0.25, 0.3) is 0 Å². The van der Waals surface area contributed by atoms with E-state index in [4.69, 9.17) is 34.3 Å². The van der Waals surface area contributed by atoms with Gasteiger partial charge in [-0.3, -0.25) is 53.4 Å². The average molecular weight is 1550 g/mol. The summed E-state index contributed by atoms with van der Waals surface area (Å²) in [5.74, 6) is -2.53. The molecule has 0 spiro atoms. The SMILES string of the molecule is CC(=O)NC(CCC(=O)NCc1cn(CCO[C@H]2O[C@H](CO)[C@@H](O)[C@H](O)[C@@H]2O)nn1)C(=O)NCC(=O)NC(CCC(=O)NCc1cn(CCO[C@H]2O[C@H](CO)[C@@H](O)[C@H](O)[C@@H]2O)nn1)C(=O)NCC(=O)NC(CCC(=O)NCc1cn(CCO[C@H]2O[C@H](CO)[C@@H](O)[C@H](O)[C@@H]2O)nn1)C(=O)NCCCCCC(=O)NN. The lowest BCUT2D eigenvalue weighted by atomic mass is 9.99. The molecule has 0 aromatic carbocycles. The smallest absolute Gasteiger partial charge is 0.243 e. The highest BCUT2D eigenvalue weighted by molar-refractivity contribution is 5.95. The number of hydrogen-bond acceptors (Lipinski definition) is 35.